The number of hydrogen-bond acceptors (Lipinski definition) is 2. The minimum absolute atomic E-state index is 0.0652. The molecule has 0 amide bonds. The van der Waals surface area contributed by atoms with E-state index < -0.39 is 0 Å². The Labute approximate surface area is 79.4 Å². The number of nitrogens with two attached hydrogens (primary N) is 1. The standard InChI is InChI=1S/C11H16NO/c1-2-10(13)8-11(12)9-6-4-3-5-7-9/h4-7,10-11,13H,2,8,12H2,1H3. The largest absolute Gasteiger partial charge is 0.393 e. The summed E-state index contributed by atoms with van der Waals surface area (Å²) in [6.45, 7) is 1.95. The average Bonchev–Trinajstić information content (AvgIpc) is 2.19. The van der Waals surface area contributed by atoms with Gasteiger partial charge in [0.05, 0.1) is 6.10 Å². The molecule has 1 radical (unpaired) electrons. The third-order valence-electron chi connectivity index (χ3n) is 2.17. The first-order valence-electron chi connectivity index (χ1n) is 4.63. The van der Waals surface area contributed by atoms with Gasteiger partial charge in [0, 0.05) is 6.04 Å². The molecule has 0 bridgehead atoms. The first-order valence-corrected chi connectivity index (χ1v) is 4.63. The summed E-state index contributed by atoms with van der Waals surface area (Å²) in [5, 5.41) is 9.40. The van der Waals surface area contributed by atoms with Gasteiger partial charge in [0.25, 0.3) is 0 Å². The molecule has 0 aromatic heterocycles. The molecule has 2 unspecified atom stereocenters. The Morgan fingerprint density at radius 1 is 1.46 bits per heavy atom. The van der Waals surface area contributed by atoms with Gasteiger partial charge in [-0.3, -0.25) is 0 Å². The summed E-state index contributed by atoms with van der Waals surface area (Å²) >= 11 is 0. The SMILES string of the molecule is CCC(O)CC(N)c1cc[c]cc1. The van der Waals surface area contributed by atoms with Gasteiger partial charge in [0.15, 0.2) is 0 Å². The molecule has 71 valence electrons. The summed E-state index contributed by atoms with van der Waals surface area (Å²) in [4.78, 5) is 0. The molecule has 1 aromatic carbocycles. The summed E-state index contributed by atoms with van der Waals surface area (Å²) in [7, 11) is 0. The molecule has 0 aliphatic heterocycles. The van der Waals surface area contributed by atoms with Crippen LogP contribution in [0.15, 0.2) is 24.3 Å². The van der Waals surface area contributed by atoms with Crippen molar-refractivity contribution >= 4 is 0 Å². The quantitative estimate of drug-likeness (QED) is 0.736. The lowest BCUT2D eigenvalue weighted by Gasteiger charge is -2.15. The lowest BCUT2D eigenvalue weighted by Crippen LogP contribution is -2.17. The van der Waals surface area contributed by atoms with E-state index in [4.69, 9.17) is 5.73 Å². The third-order valence-corrected chi connectivity index (χ3v) is 2.17. The van der Waals surface area contributed by atoms with Crippen molar-refractivity contribution in [3.63, 3.8) is 0 Å². The van der Waals surface area contributed by atoms with E-state index in [0.717, 1.165) is 12.0 Å². The monoisotopic (exact) mass is 178 g/mol. The van der Waals surface area contributed by atoms with Crippen LogP contribution in [0, 0.1) is 6.07 Å². The van der Waals surface area contributed by atoms with Gasteiger partial charge < -0.3 is 10.8 Å². The van der Waals surface area contributed by atoms with Gasteiger partial charge in [0.1, 0.15) is 0 Å². The minimum Gasteiger partial charge on any atom is -0.393 e. The predicted octanol–water partition coefficient (Wildman–Crippen LogP) is 1.65. The molecule has 0 heterocycles. The van der Waals surface area contributed by atoms with E-state index in [2.05, 4.69) is 6.07 Å². The maximum Gasteiger partial charge on any atom is 0.0555 e. The van der Waals surface area contributed by atoms with Crippen molar-refractivity contribution in [2.24, 2.45) is 5.73 Å². The van der Waals surface area contributed by atoms with E-state index in [-0.39, 0.29) is 12.1 Å². The maximum atomic E-state index is 9.40. The molecule has 2 heteroatoms. The highest BCUT2D eigenvalue weighted by molar-refractivity contribution is 5.17. The Bertz CT molecular complexity index is 235. The minimum atomic E-state index is -0.292. The summed E-state index contributed by atoms with van der Waals surface area (Å²) in [6, 6.07) is 10.4. The smallest absolute Gasteiger partial charge is 0.0555 e. The van der Waals surface area contributed by atoms with Crippen molar-refractivity contribution in [3.8, 4) is 0 Å². The fourth-order valence-corrected chi connectivity index (χ4v) is 1.24. The van der Waals surface area contributed by atoms with Crippen LogP contribution in [0.3, 0.4) is 0 Å². The van der Waals surface area contributed by atoms with E-state index >= 15 is 0 Å². The number of aliphatic hydroxyl groups excluding tert-OH is 1. The van der Waals surface area contributed by atoms with E-state index in [9.17, 15) is 5.11 Å². The second-order valence-electron chi connectivity index (χ2n) is 3.24. The van der Waals surface area contributed by atoms with Gasteiger partial charge in [-0.1, -0.05) is 31.2 Å². The highest BCUT2D eigenvalue weighted by atomic mass is 16.3. The molecule has 13 heavy (non-hydrogen) atoms. The van der Waals surface area contributed by atoms with Crippen LogP contribution in [0.5, 0.6) is 0 Å². The lowest BCUT2D eigenvalue weighted by molar-refractivity contribution is 0.151. The van der Waals surface area contributed by atoms with Crippen LogP contribution in [0.1, 0.15) is 31.4 Å². The predicted molar refractivity (Wildman–Crippen MR) is 53.1 cm³/mol. The molecular weight excluding hydrogens is 162 g/mol. The van der Waals surface area contributed by atoms with Crippen molar-refractivity contribution in [2.75, 3.05) is 0 Å². The Hall–Kier alpha value is -0.860. The molecule has 0 saturated heterocycles. The third kappa shape index (κ3) is 3.17. The molecule has 0 aliphatic rings. The van der Waals surface area contributed by atoms with Crippen molar-refractivity contribution in [1.82, 2.24) is 0 Å². The second kappa shape index (κ2) is 5.00. The van der Waals surface area contributed by atoms with Gasteiger partial charge in [-0.15, -0.1) is 0 Å². The van der Waals surface area contributed by atoms with Crippen LogP contribution < -0.4 is 5.73 Å². The molecule has 2 nitrogen and oxygen atoms in total. The van der Waals surface area contributed by atoms with Crippen LogP contribution in [-0.2, 0) is 0 Å². The second-order valence-corrected chi connectivity index (χ2v) is 3.24. The highest BCUT2D eigenvalue weighted by Crippen LogP contribution is 2.15. The topological polar surface area (TPSA) is 46.2 Å². The van der Waals surface area contributed by atoms with Gasteiger partial charge >= 0.3 is 0 Å². The number of hydrogen-bond donors (Lipinski definition) is 2. The first-order chi connectivity index (χ1) is 6.24. The van der Waals surface area contributed by atoms with Crippen LogP contribution in [0.2, 0.25) is 0 Å². The number of rotatable bonds is 4. The number of benzene rings is 1. The normalized spacial score (nSPS) is 15.3. The van der Waals surface area contributed by atoms with Crippen LogP contribution in [-0.4, -0.2) is 11.2 Å². The van der Waals surface area contributed by atoms with E-state index in [0.29, 0.717) is 6.42 Å². The van der Waals surface area contributed by atoms with Crippen LogP contribution >= 0.6 is 0 Å². The van der Waals surface area contributed by atoms with E-state index in [1.165, 1.54) is 0 Å². The van der Waals surface area contributed by atoms with Gasteiger partial charge in [0.2, 0.25) is 0 Å². The van der Waals surface area contributed by atoms with Crippen molar-refractivity contribution < 1.29 is 5.11 Å². The molecule has 0 aliphatic carbocycles. The first kappa shape index (κ1) is 10.2. The van der Waals surface area contributed by atoms with Gasteiger partial charge in [-0.25, -0.2) is 0 Å². The average molecular weight is 178 g/mol. The Balaban J connectivity index is 2.53. The fourth-order valence-electron chi connectivity index (χ4n) is 1.24. The fraction of sp³-hybridized carbons (Fsp3) is 0.455. The summed E-state index contributed by atoms with van der Waals surface area (Å²) < 4.78 is 0. The molecule has 0 spiro atoms. The maximum absolute atomic E-state index is 9.40. The zero-order chi connectivity index (χ0) is 9.68. The molecule has 0 fully saturated rings. The molecule has 2 atom stereocenters. The highest BCUT2D eigenvalue weighted by Gasteiger charge is 2.09. The van der Waals surface area contributed by atoms with Crippen LogP contribution in [0.25, 0.3) is 0 Å². The van der Waals surface area contributed by atoms with Crippen molar-refractivity contribution in [1.29, 1.82) is 0 Å². The Morgan fingerprint density at radius 3 is 2.62 bits per heavy atom. The van der Waals surface area contributed by atoms with E-state index in [1.807, 2.05) is 31.2 Å². The molecular formula is C11H16NO. The zero-order valence-corrected chi connectivity index (χ0v) is 7.90. The van der Waals surface area contributed by atoms with Crippen molar-refractivity contribution in [3.05, 3.63) is 35.9 Å². The molecule has 3 N–H and O–H groups in total. The van der Waals surface area contributed by atoms with E-state index in [1.54, 1.807) is 0 Å². The molecule has 1 rings (SSSR count). The van der Waals surface area contributed by atoms with Gasteiger partial charge in [-0.05, 0) is 24.5 Å². The summed E-state index contributed by atoms with van der Waals surface area (Å²) in [5.74, 6) is 0. The lowest BCUT2D eigenvalue weighted by atomic mass is 10.0. The summed E-state index contributed by atoms with van der Waals surface area (Å²) in [6.07, 6.45) is 1.09. The Kier molecular flexibility index (Phi) is 3.93. The van der Waals surface area contributed by atoms with Crippen LogP contribution in [0.4, 0.5) is 0 Å². The molecule has 1 aromatic rings. The summed E-state index contributed by atoms with van der Waals surface area (Å²) in [5.41, 5.74) is 6.96. The molecule has 0 saturated carbocycles. The van der Waals surface area contributed by atoms with Gasteiger partial charge in [-0.2, -0.15) is 0 Å². The Morgan fingerprint density at radius 2 is 2.08 bits per heavy atom. The van der Waals surface area contributed by atoms with Crippen molar-refractivity contribution in [2.45, 2.75) is 31.9 Å². The zero-order valence-electron chi connectivity index (χ0n) is 7.90. The number of aliphatic hydroxyl groups is 1.